The molecule has 0 aliphatic rings. The molecule has 7 heteroatoms. The van der Waals surface area contributed by atoms with Gasteiger partial charge in [0.25, 0.3) is 5.91 Å². The van der Waals surface area contributed by atoms with Crippen LogP contribution < -0.4 is 10.6 Å². The van der Waals surface area contributed by atoms with Gasteiger partial charge in [-0.3, -0.25) is 9.78 Å². The largest absolute Gasteiger partial charge is 0.370 e. The molecule has 7 nitrogen and oxygen atoms in total. The zero-order chi connectivity index (χ0) is 21.6. The molecule has 0 radical (unpaired) electrons. The number of aromatic nitrogens is 3. The number of fused-ring (bicyclic) bond motifs is 1. The van der Waals surface area contributed by atoms with E-state index in [2.05, 4.69) is 31.7 Å². The predicted molar refractivity (Wildman–Crippen MR) is 120 cm³/mol. The first-order valence-electron chi connectivity index (χ1n) is 9.84. The third-order valence-electron chi connectivity index (χ3n) is 5.00. The van der Waals surface area contributed by atoms with Gasteiger partial charge in [-0.2, -0.15) is 5.26 Å². The highest BCUT2D eigenvalue weighted by atomic mass is 16.1. The molecular weight excluding hydrogens is 388 g/mol. The van der Waals surface area contributed by atoms with Crippen LogP contribution in [0, 0.1) is 11.3 Å². The summed E-state index contributed by atoms with van der Waals surface area (Å²) < 4.78 is 0. The zero-order valence-electron chi connectivity index (χ0n) is 17.0. The number of hydrogen-bond acceptors (Lipinski definition) is 6. The van der Waals surface area contributed by atoms with E-state index in [1.807, 2.05) is 36.4 Å². The Morgan fingerprint density at radius 2 is 1.90 bits per heavy atom. The predicted octanol–water partition coefficient (Wildman–Crippen LogP) is 3.58. The number of nitriles is 1. The second-order valence-corrected chi connectivity index (χ2v) is 6.91. The summed E-state index contributed by atoms with van der Waals surface area (Å²) in [6.07, 6.45) is 3.90. The molecule has 0 atom stereocenters. The second-order valence-electron chi connectivity index (χ2n) is 6.91. The van der Waals surface area contributed by atoms with Gasteiger partial charge in [-0.15, -0.1) is 0 Å². The van der Waals surface area contributed by atoms with Crippen LogP contribution in [-0.2, 0) is 6.42 Å². The van der Waals surface area contributed by atoms with Crippen molar-refractivity contribution in [1.29, 1.82) is 5.26 Å². The van der Waals surface area contributed by atoms with E-state index in [1.165, 1.54) is 6.33 Å². The molecule has 2 aromatic heterocycles. The number of rotatable bonds is 6. The van der Waals surface area contributed by atoms with Gasteiger partial charge in [-0.1, -0.05) is 30.3 Å². The van der Waals surface area contributed by atoms with E-state index in [4.69, 9.17) is 5.26 Å². The molecule has 0 saturated carbocycles. The Labute approximate surface area is 179 Å². The second kappa shape index (κ2) is 9.01. The Morgan fingerprint density at radius 3 is 2.68 bits per heavy atom. The lowest BCUT2D eigenvalue weighted by Gasteiger charge is -2.10. The van der Waals surface area contributed by atoms with Crippen LogP contribution in [0.2, 0.25) is 0 Å². The monoisotopic (exact) mass is 408 g/mol. The van der Waals surface area contributed by atoms with E-state index < -0.39 is 0 Å². The van der Waals surface area contributed by atoms with Crippen molar-refractivity contribution in [3.05, 3.63) is 83.8 Å². The minimum Gasteiger partial charge on any atom is -0.370 e. The number of anilines is 1. The van der Waals surface area contributed by atoms with Crippen LogP contribution in [-0.4, -0.2) is 34.5 Å². The topological polar surface area (TPSA) is 104 Å². The number of carbonyl (C=O) groups is 1. The molecule has 0 unspecified atom stereocenters. The van der Waals surface area contributed by atoms with Crippen molar-refractivity contribution < 1.29 is 4.79 Å². The van der Waals surface area contributed by atoms with Crippen molar-refractivity contribution in [3.8, 4) is 17.3 Å². The molecule has 0 aliphatic carbocycles. The van der Waals surface area contributed by atoms with Crippen LogP contribution in [0.3, 0.4) is 0 Å². The normalized spacial score (nSPS) is 10.5. The summed E-state index contributed by atoms with van der Waals surface area (Å²) in [6, 6.07) is 18.9. The third-order valence-corrected chi connectivity index (χ3v) is 5.00. The first kappa shape index (κ1) is 20.0. The Kier molecular flexibility index (Phi) is 5.81. The molecule has 31 heavy (non-hydrogen) atoms. The van der Waals surface area contributed by atoms with Gasteiger partial charge >= 0.3 is 0 Å². The molecule has 4 rings (SSSR count). The Morgan fingerprint density at radius 1 is 1.06 bits per heavy atom. The van der Waals surface area contributed by atoms with Crippen LogP contribution in [0.1, 0.15) is 21.5 Å². The zero-order valence-corrected chi connectivity index (χ0v) is 17.0. The number of carbonyl (C=O) groups excluding carboxylic acids is 1. The average Bonchev–Trinajstić information content (AvgIpc) is 2.83. The van der Waals surface area contributed by atoms with Gasteiger partial charge in [-0.05, 0) is 30.2 Å². The first-order chi connectivity index (χ1) is 15.2. The fraction of sp³-hybridized carbons (Fsp3) is 0.125. The van der Waals surface area contributed by atoms with Gasteiger partial charge < -0.3 is 10.6 Å². The van der Waals surface area contributed by atoms with Crippen molar-refractivity contribution in [2.24, 2.45) is 0 Å². The van der Waals surface area contributed by atoms with Gasteiger partial charge in [0.2, 0.25) is 0 Å². The highest BCUT2D eigenvalue weighted by Gasteiger charge is 2.11. The fourth-order valence-corrected chi connectivity index (χ4v) is 3.42. The van der Waals surface area contributed by atoms with Crippen LogP contribution in [0.4, 0.5) is 5.82 Å². The van der Waals surface area contributed by atoms with E-state index in [1.54, 1.807) is 31.4 Å². The van der Waals surface area contributed by atoms with Gasteiger partial charge in [0.05, 0.1) is 28.4 Å². The van der Waals surface area contributed by atoms with Crippen molar-refractivity contribution in [2.75, 3.05) is 18.9 Å². The van der Waals surface area contributed by atoms with E-state index in [-0.39, 0.29) is 5.91 Å². The Bertz CT molecular complexity index is 1280. The van der Waals surface area contributed by atoms with Gasteiger partial charge in [0, 0.05) is 36.8 Å². The Hall–Kier alpha value is -4.31. The number of nitrogens with one attached hydrogen (secondary N) is 2. The lowest BCUT2D eigenvalue weighted by atomic mass is 10.0. The summed E-state index contributed by atoms with van der Waals surface area (Å²) in [7, 11) is 1.62. The summed E-state index contributed by atoms with van der Waals surface area (Å²) >= 11 is 0. The van der Waals surface area contributed by atoms with Crippen LogP contribution in [0.15, 0.2) is 67.1 Å². The maximum atomic E-state index is 12.1. The first-order valence-corrected chi connectivity index (χ1v) is 9.84. The van der Waals surface area contributed by atoms with Crippen molar-refractivity contribution >= 4 is 22.6 Å². The quantitative estimate of drug-likeness (QED) is 0.505. The van der Waals surface area contributed by atoms with Gasteiger partial charge in [-0.25, -0.2) is 9.97 Å². The van der Waals surface area contributed by atoms with E-state index in [0.29, 0.717) is 23.5 Å². The Balaban J connectivity index is 1.49. The number of nitrogens with zero attached hydrogens (tertiary/aromatic N) is 4. The number of pyridine rings is 1. The summed E-state index contributed by atoms with van der Waals surface area (Å²) in [5.74, 6) is 0.590. The van der Waals surface area contributed by atoms with Crippen LogP contribution in [0.25, 0.3) is 22.2 Å². The smallest absolute Gasteiger partial charge is 0.251 e. The van der Waals surface area contributed by atoms with Gasteiger partial charge in [0.15, 0.2) is 0 Å². The molecule has 0 fully saturated rings. The van der Waals surface area contributed by atoms with Crippen molar-refractivity contribution in [3.63, 3.8) is 0 Å². The maximum absolute atomic E-state index is 12.1. The molecule has 2 aromatic carbocycles. The minimum atomic E-state index is -0.126. The van der Waals surface area contributed by atoms with E-state index >= 15 is 0 Å². The van der Waals surface area contributed by atoms with Gasteiger partial charge in [0.1, 0.15) is 12.1 Å². The lowest BCUT2D eigenvalue weighted by molar-refractivity contribution is 0.0964. The number of para-hydroxylation sites is 1. The molecule has 0 saturated heterocycles. The summed E-state index contributed by atoms with van der Waals surface area (Å²) in [5, 5.41) is 15.8. The minimum absolute atomic E-state index is 0.126. The molecular formula is C24H20N6O. The van der Waals surface area contributed by atoms with Crippen LogP contribution >= 0.6 is 0 Å². The summed E-state index contributed by atoms with van der Waals surface area (Å²) in [6.45, 7) is 0.648. The number of benzene rings is 2. The summed E-state index contributed by atoms with van der Waals surface area (Å²) in [5.41, 5.74) is 4.81. The van der Waals surface area contributed by atoms with E-state index in [9.17, 15) is 4.79 Å². The molecule has 4 aromatic rings. The lowest BCUT2D eigenvalue weighted by Crippen LogP contribution is -2.18. The average molecular weight is 408 g/mol. The van der Waals surface area contributed by atoms with Crippen LogP contribution in [0.5, 0.6) is 0 Å². The molecule has 0 aliphatic heterocycles. The molecule has 2 N–H and O–H groups in total. The highest BCUT2D eigenvalue weighted by Crippen LogP contribution is 2.22. The standard InChI is InChI=1S/C24H20N6O/c1-26-24(31)20-10-12-28-23-18(3-2-4-19(20)23)9-11-27-22-13-21(29-15-30-22)17-7-5-16(14-25)6-8-17/h2-8,10,12-13,15H,9,11H2,1H3,(H,26,31)(H,27,29,30). The van der Waals surface area contributed by atoms with Crippen molar-refractivity contribution in [1.82, 2.24) is 20.3 Å². The van der Waals surface area contributed by atoms with E-state index in [0.717, 1.165) is 34.1 Å². The molecule has 0 spiro atoms. The molecule has 2 heterocycles. The molecule has 152 valence electrons. The maximum Gasteiger partial charge on any atom is 0.251 e. The summed E-state index contributed by atoms with van der Waals surface area (Å²) in [4.78, 5) is 25.3. The highest BCUT2D eigenvalue weighted by molar-refractivity contribution is 6.06. The number of amides is 1. The van der Waals surface area contributed by atoms with Crippen molar-refractivity contribution in [2.45, 2.75) is 6.42 Å². The fourth-order valence-electron chi connectivity index (χ4n) is 3.42. The molecule has 0 bridgehead atoms. The SMILES string of the molecule is CNC(=O)c1ccnc2c(CCNc3cc(-c4ccc(C#N)cc4)ncn3)cccc12. The molecule has 1 amide bonds. The number of hydrogen-bond donors (Lipinski definition) is 2. The third kappa shape index (κ3) is 4.33.